The summed E-state index contributed by atoms with van der Waals surface area (Å²) in [7, 11) is 3.05. The Bertz CT molecular complexity index is 2260. The van der Waals surface area contributed by atoms with E-state index in [4.69, 9.17) is 15.2 Å². The number of imidazole rings is 2. The molecule has 4 heterocycles. The lowest BCUT2D eigenvalue weighted by molar-refractivity contribution is 0.0995. The highest BCUT2D eigenvalue weighted by Gasteiger charge is 2.22. The molecule has 0 spiro atoms. The van der Waals surface area contributed by atoms with Crippen molar-refractivity contribution in [2.24, 2.45) is 5.73 Å². The van der Waals surface area contributed by atoms with Crippen molar-refractivity contribution in [2.75, 3.05) is 24.9 Å². The number of nitrogens with zero attached hydrogens (tertiary/aromatic N) is 7. The van der Waals surface area contributed by atoms with E-state index in [9.17, 15) is 14.4 Å². The van der Waals surface area contributed by atoms with Crippen LogP contribution in [0.4, 0.5) is 11.9 Å². The number of amides is 3. The molecule has 6 rings (SSSR count). The van der Waals surface area contributed by atoms with Gasteiger partial charge < -0.3 is 24.3 Å². The van der Waals surface area contributed by atoms with Crippen LogP contribution in [-0.4, -0.2) is 71.0 Å². The van der Waals surface area contributed by atoms with Gasteiger partial charge in [0.15, 0.2) is 5.69 Å². The van der Waals surface area contributed by atoms with Crippen molar-refractivity contribution in [1.82, 2.24) is 39.1 Å². The number of rotatable bonds is 12. The highest BCUT2D eigenvalue weighted by molar-refractivity contribution is 6.04. The molecule has 0 bridgehead atoms. The quantitative estimate of drug-likeness (QED) is 0.140. The van der Waals surface area contributed by atoms with Crippen LogP contribution in [0.15, 0.2) is 54.6 Å². The molecule has 49 heavy (non-hydrogen) atoms. The molecule has 3 amide bonds. The number of aryl methyl sites for hydroxylation is 3. The lowest BCUT2D eigenvalue weighted by Gasteiger charge is -2.12. The summed E-state index contributed by atoms with van der Waals surface area (Å²) in [6.07, 6.45) is 3.77. The number of primary amides is 1. The Labute approximate surface area is 279 Å². The van der Waals surface area contributed by atoms with Gasteiger partial charge in [-0.15, -0.1) is 0 Å². The fraction of sp³-hybridized carbons (Fsp3) is 0.242. The van der Waals surface area contributed by atoms with E-state index in [1.807, 2.05) is 55.7 Å². The number of carbonyl (C=O) groups is 3. The number of fused-ring (bicyclic) bond motifs is 2. The molecule has 0 atom stereocenters. The molecule has 2 aromatic carbocycles. The van der Waals surface area contributed by atoms with E-state index in [1.165, 1.54) is 13.2 Å². The smallest absolute Gasteiger partial charge is 0.278 e. The number of carbonyl (C=O) groups excluding carboxylic acids is 3. The first-order valence-corrected chi connectivity index (χ1v) is 15.4. The van der Waals surface area contributed by atoms with Gasteiger partial charge in [0.25, 0.3) is 11.8 Å². The zero-order valence-corrected chi connectivity index (χ0v) is 27.6. The van der Waals surface area contributed by atoms with Gasteiger partial charge in [-0.3, -0.25) is 34.8 Å². The second-order valence-electron chi connectivity index (χ2n) is 11.1. The Kier molecular flexibility index (Phi) is 8.85. The van der Waals surface area contributed by atoms with Crippen LogP contribution in [0.5, 0.6) is 11.5 Å². The first kappa shape index (κ1) is 32.5. The van der Waals surface area contributed by atoms with Crippen LogP contribution in [-0.2, 0) is 19.6 Å². The largest absolute Gasteiger partial charge is 0.494 e. The molecular weight excluding hydrogens is 630 g/mol. The molecule has 0 unspecified atom stereocenters. The fourth-order valence-electron chi connectivity index (χ4n) is 5.59. The van der Waals surface area contributed by atoms with E-state index < -0.39 is 17.7 Å². The van der Waals surface area contributed by atoms with E-state index in [2.05, 4.69) is 35.9 Å². The van der Waals surface area contributed by atoms with Crippen molar-refractivity contribution in [3.8, 4) is 11.5 Å². The highest BCUT2D eigenvalue weighted by Crippen LogP contribution is 2.32. The molecule has 6 aromatic rings. The van der Waals surface area contributed by atoms with Gasteiger partial charge in [-0.2, -0.15) is 10.2 Å². The molecule has 0 aliphatic heterocycles. The molecule has 0 radical (unpaired) electrons. The van der Waals surface area contributed by atoms with Gasteiger partial charge in [0.1, 0.15) is 28.2 Å². The summed E-state index contributed by atoms with van der Waals surface area (Å²) in [5, 5.41) is 17.0. The van der Waals surface area contributed by atoms with E-state index in [-0.39, 0.29) is 23.8 Å². The minimum atomic E-state index is -0.643. The Morgan fingerprint density at radius 1 is 0.878 bits per heavy atom. The van der Waals surface area contributed by atoms with Gasteiger partial charge >= 0.3 is 0 Å². The zero-order valence-electron chi connectivity index (χ0n) is 27.6. The lowest BCUT2D eigenvalue weighted by Crippen LogP contribution is -2.20. The molecule has 4 aromatic heterocycles. The number of anilines is 2. The van der Waals surface area contributed by atoms with Crippen molar-refractivity contribution in [1.29, 1.82) is 0 Å². The second kappa shape index (κ2) is 13.3. The van der Waals surface area contributed by atoms with Gasteiger partial charge in [-0.1, -0.05) is 18.2 Å². The lowest BCUT2D eigenvalue weighted by atomic mass is 10.1. The van der Waals surface area contributed by atoms with Crippen molar-refractivity contribution >= 4 is 51.7 Å². The zero-order chi connectivity index (χ0) is 34.8. The first-order valence-electron chi connectivity index (χ1n) is 15.4. The number of aromatic amines is 1. The third-order valence-electron chi connectivity index (χ3n) is 7.83. The molecule has 0 saturated carbocycles. The number of allylic oxidation sites excluding steroid dienone is 2. The molecular formula is C33H35N11O5. The van der Waals surface area contributed by atoms with E-state index in [0.29, 0.717) is 64.0 Å². The maximum Gasteiger partial charge on any atom is 0.278 e. The third kappa shape index (κ3) is 6.30. The monoisotopic (exact) mass is 665 g/mol. The Morgan fingerprint density at radius 3 is 2.14 bits per heavy atom. The molecule has 16 nitrogen and oxygen atoms in total. The van der Waals surface area contributed by atoms with Gasteiger partial charge in [0.2, 0.25) is 17.8 Å². The number of H-pyrrole nitrogens is 1. The van der Waals surface area contributed by atoms with E-state index in [0.717, 1.165) is 5.69 Å². The summed E-state index contributed by atoms with van der Waals surface area (Å²) in [5.74, 6) is -0.00120. The molecule has 0 fully saturated rings. The van der Waals surface area contributed by atoms with Crippen molar-refractivity contribution in [3.63, 3.8) is 0 Å². The number of benzene rings is 2. The van der Waals surface area contributed by atoms with Crippen molar-refractivity contribution in [2.45, 2.75) is 40.4 Å². The Hall–Kier alpha value is -6.45. The number of hydrogen-bond donors (Lipinski definition) is 4. The van der Waals surface area contributed by atoms with Crippen molar-refractivity contribution in [3.05, 3.63) is 83.0 Å². The summed E-state index contributed by atoms with van der Waals surface area (Å²) < 4.78 is 16.5. The summed E-state index contributed by atoms with van der Waals surface area (Å²) >= 11 is 0. The van der Waals surface area contributed by atoms with Gasteiger partial charge in [0, 0.05) is 30.9 Å². The minimum Gasteiger partial charge on any atom is -0.494 e. The van der Waals surface area contributed by atoms with Crippen molar-refractivity contribution < 1.29 is 23.9 Å². The number of nitrogens with one attached hydrogen (secondary N) is 3. The third-order valence-corrected chi connectivity index (χ3v) is 7.83. The Morgan fingerprint density at radius 2 is 1.53 bits per heavy atom. The predicted molar refractivity (Wildman–Crippen MR) is 182 cm³/mol. The molecule has 252 valence electrons. The highest BCUT2D eigenvalue weighted by atomic mass is 16.5. The maximum absolute atomic E-state index is 13.5. The molecule has 0 saturated heterocycles. The maximum atomic E-state index is 13.5. The van der Waals surface area contributed by atoms with Gasteiger partial charge in [0.05, 0.1) is 30.9 Å². The summed E-state index contributed by atoms with van der Waals surface area (Å²) in [6, 6.07) is 11.9. The molecule has 0 aliphatic rings. The standard InChI is InChI=1S/C33H35N11O5/c1-6-44-24(15-19(3)41-44)31(47)38-33-36-22-16-20(29(34)45)17-26(49-5)28(22)43(33)13-8-7-12-42-27-21(10-9-11-25(27)48-4)35-32(42)37-30(46)23-14-18(2)39-40-23/h7-11,14-17H,6,12-13H2,1-5H3,(H2,34,45)(H,39,40)(H,35,37,46)(H,36,38,47)/b8-7+. The minimum absolute atomic E-state index is 0.211. The number of nitrogens with two attached hydrogens (primary N) is 1. The number of aromatic nitrogens is 8. The normalized spacial score (nSPS) is 11.4. The van der Waals surface area contributed by atoms with Crippen LogP contribution in [0.25, 0.3) is 22.1 Å². The SMILES string of the molecule is CCn1nc(C)cc1C(=O)Nc1nc2cc(C(N)=O)cc(OC)c2n1C/C=C/Cn1c(NC(=O)c2cc(C)[nH]n2)nc2cccc(OC)c21. The Balaban J connectivity index is 1.36. The van der Waals surface area contributed by atoms with E-state index >= 15 is 0 Å². The van der Waals surface area contributed by atoms with E-state index in [1.54, 1.807) is 34.6 Å². The topological polar surface area (TPSA) is 202 Å². The van der Waals surface area contributed by atoms with Crippen LogP contribution in [0.2, 0.25) is 0 Å². The van der Waals surface area contributed by atoms with Crippen LogP contribution in [0.3, 0.4) is 0 Å². The summed E-state index contributed by atoms with van der Waals surface area (Å²) in [5.41, 5.74) is 10.1. The number of ether oxygens (including phenoxy) is 2. The van der Waals surface area contributed by atoms with Crippen LogP contribution < -0.4 is 25.8 Å². The number of hydrogen-bond acceptors (Lipinski definition) is 9. The van der Waals surface area contributed by atoms with Crippen LogP contribution >= 0.6 is 0 Å². The number of methoxy groups -OCH3 is 2. The first-order chi connectivity index (χ1) is 23.6. The molecule has 0 aliphatic carbocycles. The van der Waals surface area contributed by atoms with Crippen LogP contribution in [0, 0.1) is 13.8 Å². The fourth-order valence-corrected chi connectivity index (χ4v) is 5.59. The van der Waals surface area contributed by atoms with Gasteiger partial charge in [-0.05, 0) is 57.2 Å². The predicted octanol–water partition coefficient (Wildman–Crippen LogP) is 3.82. The average Bonchev–Trinajstić information content (AvgIpc) is 3.86. The molecule has 16 heteroatoms. The average molecular weight is 666 g/mol. The van der Waals surface area contributed by atoms with Crippen LogP contribution in [0.1, 0.15) is 49.6 Å². The molecule has 5 N–H and O–H groups in total. The summed E-state index contributed by atoms with van der Waals surface area (Å²) in [6.45, 7) is 6.55. The van der Waals surface area contributed by atoms with Gasteiger partial charge in [-0.25, -0.2) is 9.97 Å². The second-order valence-corrected chi connectivity index (χ2v) is 11.1. The number of para-hydroxylation sites is 1. The summed E-state index contributed by atoms with van der Waals surface area (Å²) in [4.78, 5) is 47.9.